The molecule has 0 aliphatic rings. The van der Waals surface area contributed by atoms with Gasteiger partial charge >= 0.3 is 11.9 Å². The summed E-state index contributed by atoms with van der Waals surface area (Å²) in [5.74, 6) is 1.26. The average molecular weight is 788 g/mol. The van der Waals surface area contributed by atoms with Crippen molar-refractivity contribution in [1.82, 2.24) is 14.5 Å². The van der Waals surface area contributed by atoms with Crippen LogP contribution in [-0.2, 0) is 25.6 Å². The van der Waals surface area contributed by atoms with Crippen LogP contribution in [0.25, 0.3) is 0 Å². The van der Waals surface area contributed by atoms with Crippen LogP contribution < -0.4 is 0 Å². The molecule has 328 valence electrons. The zero-order chi connectivity index (χ0) is 40.6. The highest BCUT2D eigenvalue weighted by Gasteiger charge is 2.19. The van der Waals surface area contributed by atoms with Crippen molar-refractivity contribution in [2.75, 3.05) is 32.8 Å². The Balaban J connectivity index is 2.28. The van der Waals surface area contributed by atoms with Gasteiger partial charge in [-0.3, -0.25) is 9.59 Å². The van der Waals surface area contributed by atoms with Gasteiger partial charge in [-0.15, -0.1) is 0 Å². The van der Waals surface area contributed by atoms with Crippen LogP contribution in [0.4, 0.5) is 0 Å². The van der Waals surface area contributed by atoms with Crippen LogP contribution in [0.3, 0.4) is 0 Å². The summed E-state index contributed by atoms with van der Waals surface area (Å²) in [5, 5.41) is 0. The summed E-state index contributed by atoms with van der Waals surface area (Å²) in [4.78, 5) is 32.3. The largest absolute Gasteiger partial charge is 0.466 e. The number of unbranched alkanes of at least 4 members (excludes halogenated alkanes) is 24. The van der Waals surface area contributed by atoms with E-state index >= 15 is 0 Å². The van der Waals surface area contributed by atoms with Gasteiger partial charge in [0.25, 0.3) is 0 Å². The number of hydrogen-bond acceptors (Lipinski definition) is 6. The molecule has 0 radical (unpaired) electrons. The van der Waals surface area contributed by atoms with Crippen LogP contribution in [0, 0.1) is 12.8 Å². The monoisotopic (exact) mass is 788 g/mol. The average Bonchev–Trinajstić information content (AvgIpc) is 3.61. The van der Waals surface area contributed by atoms with Gasteiger partial charge < -0.3 is 18.9 Å². The zero-order valence-corrected chi connectivity index (χ0v) is 37.8. The van der Waals surface area contributed by atoms with Gasteiger partial charge in [-0.25, -0.2) is 4.98 Å². The Hall–Kier alpha value is -1.89. The summed E-state index contributed by atoms with van der Waals surface area (Å²) >= 11 is 0. The first-order valence-corrected chi connectivity index (χ1v) is 24.5. The molecule has 7 heteroatoms. The molecule has 0 saturated heterocycles. The Morgan fingerprint density at radius 3 is 1.48 bits per heavy atom. The van der Waals surface area contributed by atoms with E-state index < -0.39 is 0 Å². The number of rotatable bonds is 43. The fraction of sp³-hybridized carbons (Fsp3) is 0.898. The number of esters is 2. The Morgan fingerprint density at radius 2 is 0.982 bits per heavy atom. The standard InChI is InChI=1S/C49H93N3O4/c1-5-8-11-14-17-25-32-44-55-48(53)37-29-22-18-23-30-39-51(41-34-42-52-43-38-50-46(52)4)40-31-24-19-26-33-45-56-49(54)47(35-27-20-15-12-9-6-2)36-28-21-16-13-10-7-3/h38,43,47H,5-37,39-42,44-45H2,1-4H3. The third-order valence-corrected chi connectivity index (χ3v) is 11.7. The van der Waals surface area contributed by atoms with Gasteiger partial charge in [-0.05, 0) is 77.9 Å². The molecule has 0 aromatic carbocycles. The van der Waals surface area contributed by atoms with Crippen molar-refractivity contribution in [3.63, 3.8) is 0 Å². The summed E-state index contributed by atoms with van der Waals surface area (Å²) in [6, 6.07) is 0. The molecule has 0 fully saturated rings. The van der Waals surface area contributed by atoms with E-state index in [0.717, 1.165) is 96.2 Å². The number of aromatic nitrogens is 2. The van der Waals surface area contributed by atoms with E-state index in [1.165, 1.54) is 141 Å². The molecule has 0 spiro atoms. The maximum Gasteiger partial charge on any atom is 0.308 e. The molecule has 0 N–H and O–H groups in total. The molecule has 0 atom stereocenters. The van der Waals surface area contributed by atoms with E-state index in [4.69, 9.17) is 9.47 Å². The minimum Gasteiger partial charge on any atom is -0.466 e. The second kappa shape index (κ2) is 39.9. The molecular formula is C49H93N3O4. The van der Waals surface area contributed by atoms with Crippen molar-refractivity contribution in [2.24, 2.45) is 5.92 Å². The van der Waals surface area contributed by atoms with Gasteiger partial charge in [0, 0.05) is 25.4 Å². The van der Waals surface area contributed by atoms with Crippen LogP contribution >= 0.6 is 0 Å². The molecule has 1 rings (SSSR count). The minimum atomic E-state index is -0.0115. The van der Waals surface area contributed by atoms with E-state index in [2.05, 4.69) is 48.3 Å². The van der Waals surface area contributed by atoms with Crippen molar-refractivity contribution in [1.29, 1.82) is 0 Å². The molecular weight excluding hydrogens is 695 g/mol. The molecule has 0 bridgehead atoms. The van der Waals surface area contributed by atoms with E-state index in [1.54, 1.807) is 0 Å². The van der Waals surface area contributed by atoms with E-state index in [1.807, 2.05) is 6.20 Å². The molecule has 1 aromatic rings. The smallest absolute Gasteiger partial charge is 0.308 e. The van der Waals surface area contributed by atoms with Crippen LogP contribution in [0.15, 0.2) is 12.4 Å². The predicted molar refractivity (Wildman–Crippen MR) is 238 cm³/mol. The van der Waals surface area contributed by atoms with Gasteiger partial charge in [-0.2, -0.15) is 0 Å². The first kappa shape index (κ1) is 52.1. The Kier molecular flexibility index (Phi) is 37.2. The highest BCUT2D eigenvalue weighted by molar-refractivity contribution is 5.72. The number of nitrogens with zero attached hydrogens (tertiary/aromatic N) is 3. The third-order valence-electron chi connectivity index (χ3n) is 11.7. The van der Waals surface area contributed by atoms with Crippen LogP contribution in [0.5, 0.6) is 0 Å². The maximum atomic E-state index is 13.1. The third kappa shape index (κ3) is 32.1. The summed E-state index contributed by atoms with van der Waals surface area (Å²) in [7, 11) is 0. The van der Waals surface area contributed by atoms with Crippen LogP contribution in [0.1, 0.15) is 238 Å². The number of ether oxygens (including phenoxy) is 2. The Morgan fingerprint density at radius 1 is 0.554 bits per heavy atom. The van der Waals surface area contributed by atoms with Crippen molar-refractivity contribution in [3.8, 4) is 0 Å². The van der Waals surface area contributed by atoms with Crippen LogP contribution in [-0.4, -0.2) is 59.2 Å². The van der Waals surface area contributed by atoms with Gasteiger partial charge in [-0.1, -0.05) is 175 Å². The molecule has 0 aliphatic heterocycles. The van der Waals surface area contributed by atoms with E-state index in [9.17, 15) is 9.59 Å². The predicted octanol–water partition coefficient (Wildman–Crippen LogP) is 14.1. The lowest BCUT2D eigenvalue weighted by atomic mass is 9.94. The quantitative estimate of drug-likeness (QED) is 0.0485. The zero-order valence-electron chi connectivity index (χ0n) is 37.8. The molecule has 1 aromatic heterocycles. The maximum absolute atomic E-state index is 13.1. The Labute approximate surface area is 347 Å². The molecule has 0 saturated carbocycles. The summed E-state index contributed by atoms with van der Waals surface area (Å²) in [6.07, 6.45) is 43.2. The highest BCUT2D eigenvalue weighted by Crippen LogP contribution is 2.21. The van der Waals surface area contributed by atoms with E-state index in [-0.39, 0.29) is 17.9 Å². The lowest BCUT2D eigenvalue weighted by Crippen LogP contribution is -2.28. The van der Waals surface area contributed by atoms with Crippen molar-refractivity contribution < 1.29 is 19.1 Å². The number of hydrogen-bond donors (Lipinski definition) is 0. The van der Waals surface area contributed by atoms with Crippen LogP contribution in [0.2, 0.25) is 0 Å². The Bertz CT molecular complexity index is 982. The van der Waals surface area contributed by atoms with Gasteiger partial charge in [0.05, 0.1) is 19.1 Å². The summed E-state index contributed by atoms with van der Waals surface area (Å²) < 4.78 is 13.6. The number of aryl methyl sites for hydroxylation is 2. The number of imidazole rings is 1. The minimum absolute atomic E-state index is 0.0115. The van der Waals surface area contributed by atoms with Crippen molar-refractivity contribution in [2.45, 2.75) is 246 Å². The first-order chi connectivity index (χ1) is 27.5. The second-order valence-electron chi connectivity index (χ2n) is 17.0. The number of carbonyl (C=O) groups is 2. The summed E-state index contributed by atoms with van der Waals surface area (Å²) in [6.45, 7) is 14.5. The number of carbonyl (C=O) groups excluding carboxylic acids is 2. The first-order valence-electron chi connectivity index (χ1n) is 24.5. The lowest BCUT2D eigenvalue weighted by molar-refractivity contribution is -0.149. The normalized spacial score (nSPS) is 11.6. The lowest BCUT2D eigenvalue weighted by Gasteiger charge is -2.22. The topological polar surface area (TPSA) is 73.7 Å². The SMILES string of the molecule is CCCCCCCCCOC(=O)CCCCCCCN(CCCCCCCOC(=O)C(CCCCCCCC)CCCCCCCC)CCCn1ccnc1C. The van der Waals surface area contributed by atoms with Gasteiger partial charge in [0.15, 0.2) is 0 Å². The summed E-state index contributed by atoms with van der Waals surface area (Å²) in [5.41, 5.74) is 0. The molecule has 0 aliphatic carbocycles. The highest BCUT2D eigenvalue weighted by atomic mass is 16.5. The van der Waals surface area contributed by atoms with Crippen molar-refractivity contribution >= 4 is 11.9 Å². The molecule has 1 heterocycles. The van der Waals surface area contributed by atoms with E-state index in [0.29, 0.717) is 19.6 Å². The molecule has 0 amide bonds. The fourth-order valence-corrected chi connectivity index (χ4v) is 7.87. The molecule has 7 nitrogen and oxygen atoms in total. The van der Waals surface area contributed by atoms with Gasteiger partial charge in [0.2, 0.25) is 0 Å². The van der Waals surface area contributed by atoms with Gasteiger partial charge in [0.1, 0.15) is 5.82 Å². The molecule has 0 unspecified atom stereocenters. The van der Waals surface area contributed by atoms with Crippen molar-refractivity contribution in [3.05, 3.63) is 18.2 Å². The molecule has 56 heavy (non-hydrogen) atoms. The second-order valence-corrected chi connectivity index (χ2v) is 17.0. The fourth-order valence-electron chi connectivity index (χ4n) is 7.87.